The second kappa shape index (κ2) is 10.6. The molecule has 0 saturated heterocycles. The third kappa shape index (κ3) is 6.57. The van der Waals surface area contributed by atoms with Gasteiger partial charge in [0.2, 0.25) is 5.91 Å². The van der Waals surface area contributed by atoms with Crippen molar-refractivity contribution in [2.45, 2.75) is 38.0 Å². The maximum Gasteiger partial charge on any atom is 0.264 e. The van der Waals surface area contributed by atoms with E-state index in [0.717, 1.165) is 24.1 Å². The molecule has 164 valence electrons. The molecule has 30 heavy (non-hydrogen) atoms. The van der Waals surface area contributed by atoms with E-state index in [1.165, 1.54) is 4.31 Å². The summed E-state index contributed by atoms with van der Waals surface area (Å²) in [6.07, 6.45) is 0.798. The van der Waals surface area contributed by atoms with Gasteiger partial charge in [-0.25, -0.2) is 8.42 Å². The fraction of sp³-hybridized carbons (Fsp3) is 0.435. The number of hydrogen-bond acceptors (Lipinski definition) is 4. The first-order chi connectivity index (χ1) is 14.1. The summed E-state index contributed by atoms with van der Waals surface area (Å²) >= 11 is 0. The van der Waals surface area contributed by atoms with Gasteiger partial charge in [0.1, 0.15) is 6.54 Å². The predicted octanol–water partition coefficient (Wildman–Crippen LogP) is 3.38. The zero-order valence-corrected chi connectivity index (χ0v) is 19.4. The Morgan fingerprint density at radius 3 is 2.13 bits per heavy atom. The Balaban J connectivity index is 2.28. The summed E-state index contributed by atoms with van der Waals surface area (Å²) < 4.78 is 27.9. The first kappa shape index (κ1) is 23.9. The highest BCUT2D eigenvalue weighted by Crippen LogP contribution is 2.26. The van der Waals surface area contributed by atoms with Gasteiger partial charge < -0.3 is 10.2 Å². The molecule has 2 aromatic carbocycles. The van der Waals surface area contributed by atoms with Crippen LogP contribution in [0.3, 0.4) is 0 Å². The second-order valence-corrected chi connectivity index (χ2v) is 9.94. The van der Waals surface area contributed by atoms with Gasteiger partial charge in [-0.3, -0.25) is 9.10 Å². The van der Waals surface area contributed by atoms with Gasteiger partial charge in [0.25, 0.3) is 10.0 Å². The molecular weight excluding hydrogens is 398 g/mol. The lowest BCUT2D eigenvalue weighted by Crippen LogP contribution is -2.41. The monoisotopic (exact) mass is 431 g/mol. The Labute approximate surface area is 180 Å². The van der Waals surface area contributed by atoms with Crippen molar-refractivity contribution in [3.05, 3.63) is 59.7 Å². The SMILES string of the molecule is Cc1ccc(S(=O)(=O)N(CC(=O)NCCCN(C)C)c2ccc(C(C)C)cc2)cc1. The number of amides is 1. The van der Waals surface area contributed by atoms with E-state index in [-0.39, 0.29) is 17.3 Å². The minimum atomic E-state index is -3.88. The number of rotatable bonds is 10. The van der Waals surface area contributed by atoms with Crippen LogP contribution < -0.4 is 9.62 Å². The summed E-state index contributed by atoms with van der Waals surface area (Å²) in [5, 5.41) is 2.83. The molecular formula is C23H33N3O3S. The maximum atomic E-state index is 13.4. The highest BCUT2D eigenvalue weighted by molar-refractivity contribution is 7.92. The minimum absolute atomic E-state index is 0.168. The van der Waals surface area contributed by atoms with Crippen molar-refractivity contribution in [2.75, 3.05) is 38.0 Å². The van der Waals surface area contributed by atoms with Gasteiger partial charge in [0.15, 0.2) is 0 Å². The standard InChI is InChI=1S/C23H33N3O3S/c1-18(2)20-9-11-21(12-10-20)26(17-23(27)24-15-6-16-25(4)5)30(28,29)22-13-7-19(3)8-14-22/h7-14,18H,6,15-17H2,1-5H3,(H,24,27). The Bertz CT molecular complexity index is 921. The fourth-order valence-electron chi connectivity index (χ4n) is 2.99. The van der Waals surface area contributed by atoms with Crippen molar-refractivity contribution in [1.82, 2.24) is 10.2 Å². The van der Waals surface area contributed by atoms with Crippen LogP contribution >= 0.6 is 0 Å². The normalized spacial score (nSPS) is 11.7. The summed E-state index contributed by atoms with van der Waals surface area (Å²) in [5.74, 6) is 0.0126. The Hall–Kier alpha value is -2.38. The zero-order chi connectivity index (χ0) is 22.3. The van der Waals surface area contributed by atoms with E-state index in [2.05, 4.69) is 19.2 Å². The number of carbonyl (C=O) groups is 1. The smallest absolute Gasteiger partial charge is 0.264 e. The second-order valence-electron chi connectivity index (χ2n) is 8.08. The molecule has 0 radical (unpaired) electrons. The van der Waals surface area contributed by atoms with Crippen LogP contribution in [0, 0.1) is 6.92 Å². The van der Waals surface area contributed by atoms with Crippen molar-refractivity contribution >= 4 is 21.6 Å². The van der Waals surface area contributed by atoms with E-state index in [0.29, 0.717) is 18.2 Å². The van der Waals surface area contributed by atoms with E-state index in [1.807, 2.05) is 38.1 Å². The summed E-state index contributed by atoms with van der Waals surface area (Å²) in [6.45, 7) is 7.15. The molecule has 1 amide bonds. The van der Waals surface area contributed by atoms with Gasteiger partial charge in [-0.2, -0.15) is 0 Å². The summed E-state index contributed by atoms with van der Waals surface area (Å²) in [7, 11) is 0.0627. The minimum Gasteiger partial charge on any atom is -0.354 e. The van der Waals surface area contributed by atoms with Crippen LogP contribution in [-0.2, 0) is 14.8 Å². The van der Waals surface area contributed by atoms with Crippen LogP contribution in [0.5, 0.6) is 0 Å². The molecule has 0 heterocycles. The van der Waals surface area contributed by atoms with E-state index in [4.69, 9.17) is 0 Å². The van der Waals surface area contributed by atoms with Gasteiger partial charge in [0, 0.05) is 6.54 Å². The van der Waals surface area contributed by atoms with E-state index in [9.17, 15) is 13.2 Å². The number of hydrogen-bond donors (Lipinski definition) is 1. The zero-order valence-electron chi connectivity index (χ0n) is 18.6. The largest absolute Gasteiger partial charge is 0.354 e. The van der Waals surface area contributed by atoms with Crippen LogP contribution in [0.15, 0.2) is 53.4 Å². The van der Waals surface area contributed by atoms with E-state index < -0.39 is 10.0 Å². The van der Waals surface area contributed by atoms with Crippen LogP contribution in [0.25, 0.3) is 0 Å². The number of aryl methyl sites for hydroxylation is 1. The number of nitrogens with zero attached hydrogens (tertiary/aromatic N) is 2. The average Bonchev–Trinajstić information content (AvgIpc) is 2.69. The third-order valence-electron chi connectivity index (χ3n) is 4.85. The van der Waals surface area contributed by atoms with Gasteiger partial charge >= 0.3 is 0 Å². The lowest BCUT2D eigenvalue weighted by molar-refractivity contribution is -0.119. The molecule has 2 aromatic rings. The van der Waals surface area contributed by atoms with Gasteiger partial charge in [-0.1, -0.05) is 43.7 Å². The highest BCUT2D eigenvalue weighted by atomic mass is 32.2. The molecule has 7 heteroatoms. The number of carbonyl (C=O) groups excluding carboxylic acids is 1. The Kier molecular flexibility index (Phi) is 8.43. The van der Waals surface area contributed by atoms with Crippen molar-refractivity contribution in [2.24, 2.45) is 0 Å². The number of benzene rings is 2. The molecule has 0 aliphatic heterocycles. The fourth-order valence-corrected chi connectivity index (χ4v) is 4.41. The Morgan fingerprint density at radius 1 is 1.00 bits per heavy atom. The topological polar surface area (TPSA) is 69.7 Å². The molecule has 0 saturated carbocycles. The molecule has 0 unspecified atom stereocenters. The van der Waals surface area contributed by atoms with Crippen molar-refractivity contribution < 1.29 is 13.2 Å². The summed E-state index contributed by atoms with van der Waals surface area (Å²) in [5.41, 5.74) is 2.56. The predicted molar refractivity (Wildman–Crippen MR) is 122 cm³/mol. The van der Waals surface area contributed by atoms with Crippen LogP contribution in [-0.4, -0.2) is 53.0 Å². The molecule has 0 bridgehead atoms. The quantitative estimate of drug-likeness (QED) is 0.586. The molecule has 6 nitrogen and oxygen atoms in total. The van der Waals surface area contributed by atoms with Gasteiger partial charge in [0.05, 0.1) is 10.6 Å². The molecule has 1 N–H and O–H groups in total. The molecule has 2 rings (SSSR count). The number of nitrogens with one attached hydrogen (secondary N) is 1. The number of anilines is 1. The molecule has 0 atom stereocenters. The van der Waals surface area contributed by atoms with Crippen molar-refractivity contribution in [3.8, 4) is 0 Å². The van der Waals surface area contributed by atoms with Crippen LogP contribution in [0.4, 0.5) is 5.69 Å². The summed E-state index contributed by atoms with van der Waals surface area (Å²) in [4.78, 5) is 14.8. The van der Waals surface area contributed by atoms with Gasteiger partial charge in [-0.15, -0.1) is 0 Å². The lowest BCUT2D eigenvalue weighted by atomic mass is 10.0. The van der Waals surface area contributed by atoms with Gasteiger partial charge in [-0.05, 0) is 69.7 Å². The van der Waals surface area contributed by atoms with Crippen LogP contribution in [0.1, 0.15) is 37.3 Å². The van der Waals surface area contributed by atoms with Crippen LogP contribution in [0.2, 0.25) is 0 Å². The molecule has 0 aromatic heterocycles. The number of sulfonamides is 1. The first-order valence-corrected chi connectivity index (χ1v) is 11.7. The lowest BCUT2D eigenvalue weighted by Gasteiger charge is -2.24. The molecule has 0 aliphatic rings. The van der Waals surface area contributed by atoms with E-state index >= 15 is 0 Å². The van der Waals surface area contributed by atoms with Crippen molar-refractivity contribution in [3.63, 3.8) is 0 Å². The maximum absolute atomic E-state index is 13.4. The van der Waals surface area contributed by atoms with E-state index in [1.54, 1.807) is 36.4 Å². The highest BCUT2D eigenvalue weighted by Gasteiger charge is 2.27. The van der Waals surface area contributed by atoms with Crippen molar-refractivity contribution in [1.29, 1.82) is 0 Å². The average molecular weight is 432 g/mol. The molecule has 0 fully saturated rings. The first-order valence-electron chi connectivity index (χ1n) is 10.2. The summed E-state index contributed by atoms with van der Waals surface area (Å²) in [6, 6.07) is 14.0. The molecule has 0 spiro atoms. The Morgan fingerprint density at radius 2 is 1.60 bits per heavy atom. The third-order valence-corrected chi connectivity index (χ3v) is 6.64. The molecule has 0 aliphatic carbocycles.